The van der Waals surface area contributed by atoms with E-state index in [0.717, 1.165) is 31.6 Å². The Hall–Kier alpha value is -1.75. The van der Waals surface area contributed by atoms with Crippen LogP contribution in [0.1, 0.15) is 23.2 Å². The molecule has 2 N–H and O–H groups in total. The van der Waals surface area contributed by atoms with Gasteiger partial charge < -0.3 is 20.4 Å². The normalized spacial score (nSPS) is 18.9. The number of carbonyl (C=O) groups is 1. The number of nitrogen functional groups attached to an aromatic ring is 1. The molecule has 1 aromatic rings. The fourth-order valence-electron chi connectivity index (χ4n) is 2.84. The number of likely N-dealkylation sites (tertiary alicyclic amines) is 1. The number of hydrogen-bond donors (Lipinski definition) is 1. The maximum atomic E-state index is 12.6. The molecule has 1 atom stereocenters. The van der Waals surface area contributed by atoms with Crippen molar-refractivity contribution >= 4 is 17.3 Å². The zero-order valence-corrected chi connectivity index (χ0v) is 13.5. The molecule has 116 valence electrons. The Labute approximate surface area is 127 Å². The summed E-state index contributed by atoms with van der Waals surface area (Å²) in [6.07, 6.45) is 2.21. The molecule has 5 nitrogen and oxygen atoms in total. The van der Waals surface area contributed by atoms with Crippen LogP contribution in [0.2, 0.25) is 0 Å². The molecule has 21 heavy (non-hydrogen) atoms. The van der Waals surface area contributed by atoms with Crippen molar-refractivity contribution in [2.45, 2.75) is 18.9 Å². The molecule has 1 fully saturated rings. The average Bonchev–Trinajstić information content (AvgIpc) is 2.46. The van der Waals surface area contributed by atoms with E-state index >= 15 is 0 Å². The van der Waals surface area contributed by atoms with Gasteiger partial charge in [-0.25, -0.2) is 0 Å². The number of nitrogens with two attached hydrogens (primary N) is 1. The Morgan fingerprint density at radius 1 is 1.29 bits per heavy atom. The highest BCUT2D eigenvalue weighted by Crippen LogP contribution is 2.24. The molecule has 1 aromatic carbocycles. The lowest BCUT2D eigenvalue weighted by Gasteiger charge is -2.36. The van der Waals surface area contributed by atoms with Crippen molar-refractivity contribution in [3.8, 4) is 0 Å². The van der Waals surface area contributed by atoms with Gasteiger partial charge in [0.25, 0.3) is 5.91 Å². The predicted molar refractivity (Wildman–Crippen MR) is 87.8 cm³/mol. The maximum Gasteiger partial charge on any atom is 0.253 e. The van der Waals surface area contributed by atoms with Crippen molar-refractivity contribution in [1.29, 1.82) is 0 Å². The summed E-state index contributed by atoms with van der Waals surface area (Å²) < 4.78 is 0. The molecule has 0 bridgehead atoms. The fourth-order valence-corrected chi connectivity index (χ4v) is 2.84. The smallest absolute Gasteiger partial charge is 0.253 e. The van der Waals surface area contributed by atoms with Crippen molar-refractivity contribution in [2.75, 3.05) is 51.9 Å². The van der Waals surface area contributed by atoms with Gasteiger partial charge in [-0.3, -0.25) is 4.79 Å². The number of carbonyl (C=O) groups excluding carboxylic acids is 1. The van der Waals surface area contributed by atoms with Gasteiger partial charge in [-0.05, 0) is 45.1 Å². The minimum absolute atomic E-state index is 0.0820. The van der Waals surface area contributed by atoms with Crippen molar-refractivity contribution in [2.24, 2.45) is 0 Å². The molecule has 0 saturated carbocycles. The molecule has 1 heterocycles. The van der Waals surface area contributed by atoms with Gasteiger partial charge in [-0.2, -0.15) is 0 Å². The molecule has 0 aromatic heterocycles. The van der Waals surface area contributed by atoms with Crippen LogP contribution in [0.15, 0.2) is 18.2 Å². The van der Waals surface area contributed by atoms with Crippen LogP contribution in [-0.4, -0.2) is 63.0 Å². The first-order chi connectivity index (χ1) is 9.90. The van der Waals surface area contributed by atoms with Crippen LogP contribution in [0.25, 0.3) is 0 Å². The molecule has 1 aliphatic rings. The van der Waals surface area contributed by atoms with Crippen LogP contribution in [0.5, 0.6) is 0 Å². The van der Waals surface area contributed by atoms with Crippen molar-refractivity contribution in [1.82, 2.24) is 9.80 Å². The molecular weight excluding hydrogens is 264 g/mol. The lowest BCUT2D eigenvalue weighted by molar-refractivity contribution is 0.0635. The van der Waals surface area contributed by atoms with E-state index in [2.05, 4.69) is 19.0 Å². The second-order valence-electron chi connectivity index (χ2n) is 6.18. The SMILES string of the molecule is CN(C)c1ccc(C(=O)N2CCCC(N(C)C)C2)cc1N. The first-order valence-corrected chi connectivity index (χ1v) is 7.42. The van der Waals surface area contributed by atoms with Crippen LogP contribution >= 0.6 is 0 Å². The molecule has 0 spiro atoms. The number of nitrogens with zero attached hydrogens (tertiary/aromatic N) is 3. The van der Waals surface area contributed by atoms with Gasteiger partial charge in [0.2, 0.25) is 0 Å². The van der Waals surface area contributed by atoms with E-state index in [-0.39, 0.29) is 5.91 Å². The van der Waals surface area contributed by atoms with E-state index in [0.29, 0.717) is 17.3 Å². The number of amides is 1. The van der Waals surface area contributed by atoms with Crippen molar-refractivity contribution < 1.29 is 4.79 Å². The number of likely N-dealkylation sites (N-methyl/N-ethyl adjacent to an activating group) is 1. The highest BCUT2D eigenvalue weighted by atomic mass is 16.2. The van der Waals surface area contributed by atoms with Gasteiger partial charge in [0.05, 0.1) is 11.4 Å². The second kappa shape index (κ2) is 6.35. The Balaban J connectivity index is 2.14. The van der Waals surface area contributed by atoms with Gasteiger partial charge >= 0.3 is 0 Å². The lowest BCUT2D eigenvalue weighted by atomic mass is 10.0. The molecule has 0 radical (unpaired) electrons. The topological polar surface area (TPSA) is 52.8 Å². The largest absolute Gasteiger partial charge is 0.397 e. The molecule has 2 rings (SSSR count). The number of hydrogen-bond acceptors (Lipinski definition) is 4. The zero-order chi connectivity index (χ0) is 15.6. The lowest BCUT2D eigenvalue weighted by Crippen LogP contribution is -2.47. The van der Waals surface area contributed by atoms with E-state index in [1.165, 1.54) is 0 Å². The predicted octanol–water partition coefficient (Wildman–Crippen LogP) is 1.50. The number of benzene rings is 1. The number of anilines is 2. The Morgan fingerprint density at radius 2 is 2.00 bits per heavy atom. The van der Waals surface area contributed by atoms with Crippen molar-refractivity contribution in [3.05, 3.63) is 23.8 Å². The van der Waals surface area contributed by atoms with E-state index in [1.807, 2.05) is 36.0 Å². The fraction of sp³-hybridized carbons (Fsp3) is 0.562. The third-order valence-electron chi connectivity index (χ3n) is 4.17. The second-order valence-corrected chi connectivity index (χ2v) is 6.18. The number of piperidine rings is 1. The highest BCUT2D eigenvalue weighted by molar-refractivity contribution is 5.96. The molecule has 1 aliphatic heterocycles. The van der Waals surface area contributed by atoms with Crippen LogP contribution in [0, 0.1) is 0 Å². The Bertz CT molecular complexity index is 513. The van der Waals surface area contributed by atoms with E-state index < -0.39 is 0 Å². The average molecular weight is 290 g/mol. The van der Waals surface area contributed by atoms with E-state index in [9.17, 15) is 4.79 Å². The molecule has 1 unspecified atom stereocenters. The summed E-state index contributed by atoms with van der Waals surface area (Å²) in [5.74, 6) is 0.0820. The molecule has 1 amide bonds. The summed E-state index contributed by atoms with van der Waals surface area (Å²) >= 11 is 0. The number of rotatable bonds is 3. The monoisotopic (exact) mass is 290 g/mol. The highest BCUT2D eigenvalue weighted by Gasteiger charge is 2.25. The summed E-state index contributed by atoms with van der Waals surface area (Å²) in [7, 11) is 8.03. The van der Waals surface area contributed by atoms with Gasteiger partial charge in [0.15, 0.2) is 0 Å². The quantitative estimate of drug-likeness (QED) is 0.857. The van der Waals surface area contributed by atoms with Crippen LogP contribution < -0.4 is 10.6 Å². The van der Waals surface area contributed by atoms with Gasteiger partial charge in [-0.1, -0.05) is 0 Å². The summed E-state index contributed by atoms with van der Waals surface area (Å²) in [6.45, 7) is 1.62. The summed E-state index contributed by atoms with van der Waals surface area (Å²) in [5.41, 5.74) is 8.31. The standard InChI is InChI=1S/C16H26N4O/c1-18(2)13-6-5-9-20(11-13)16(21)12-7-8-15(19(3)4)14(17)10-12/h7-8,10,13H,5-6,9,11,17H2,1-4H3. The summed E-state index contributed by atoms with van der Waals surface area (Å²) in [5, 5.41) is 0. The van der Waals surface area contributed by atoms with E-state index in [1.54, 1.807) is 6.07 Å². The Morgan fingerprint density at radius 3 is 2.57 bits per heavy atom. The minimum Gasteiger partial charge on any atom is -0.397 e. The minimum atomic E-state index is 0.0820. The molecular formula is C16H26N4O. The zero-order valence-electron chi connectivity index (χ0n) is 13.5. The molecule has 0 aliphatic carbocycles. The summed E-state index contributed by atoms with van der Waals surface area (Å²) in [4.78, 5) is 18.7. The Kier molecular flexibility index (Phi) is 4.73. The van der Waals surface area contributed by atoms with Gasteiger partial charge in [0.1, 0.15) is 0 Å². The first-order valence-electron chi connectivity index (χ1n) is 7.42. The summed E-state index contributed by atoms with van der Waals surface area (Å²) in [6, 6.07) is 6.02. The van der Waals surface area contributed by atoms with Crippen molar-refractivity contribution in [3.63, 3.8) is 0 Å². The van der Waals surface area contributed by atoms with Crippen LogP contribution in [0.3, 0.4) is 0 Å². The third kappa shape index (κ3) is 3.47. The molecule has 5 heteroatoms. The maximum absolute atomic E-state index is 12.6. The van der Waals surface area contributed by atoms with E-state index in [4.69, 9.17) is 5.73 Å². The van der Waals surface area contributed by atoms with Gasteiger partial charge in [-0.15, -0.1) is 0 Å². The van der Waals surface area contributed by atoms with Gasteiger partial charge in [0, 0.05) is 38.8 Å². The molecule has 1 saturated heterocycles. The first kappa shape index (κ1) is 15.6. The van der Waals surface area contributed by atoms with Crippen LogP contribution in [-0.2, 0) is 0 Å². The van der Waals surface area contributed by atoms with Crippen LogP contribution in [0.4, 0.5) is 11.4 Å². The third-order valence-corrected chi connectivity index (χ3v) is 4.17.